The Bertz CT molecular complexity index is 1090. The van der Waals surface area contributed by atoms with Gasteiger partial charge in [-0.25, -0.2) is 0 Å². The number of carbonyl (C=O) groups excluding carboxylic acids is 1. The third-order valence-electron chi connectivity index (χ3n) is 6.39. The van der Waals surface area contributed by atoms with Gasteiger partial charge in [-0.05, 0) is 42.7 Å². The van der Waals surface area contributed by atoms with E-state index in [1.807, 2.05) is 4.90 Å². The molecule has 3 heterocycles. The summed E-state index contributed by atoms with van der Waals surface area (Å²) >= 11 is 0. The number of H-pyrrole nitrogens is 1. The van der Waals surface area contributed by atoms with Crippen LogP contribution in [0.5, 0.6) is 0 Å². The molecular formula is C24H28F3N3O5. The molecule has 0 bridgehead atoms. The Morgan fingerprint density at radius 2 is 1.97 bits per heavy atom. The van der Waals surface area contributed by atoms with E-state index in [0.29, 0.717) is 45.1 Å². The van der Waals surface area contributed by atoms with Crippen LogP contribution in [-0.4, -0.2) is 66.5 Å². The lowest BCUT2D eigenvalue weighted by Crippen LogP contribution is -2.42. The molecule has 2 aromatic rings. The Morgan fingerprint density at radius 3 is 2.63 bits per heavy atom. The standard InChI is InChI=1S/C24H28F3N3O5/c25-24(26,27)17-3-1-2-16(12-17)23(33)6-8-30(9-7-23)14-18-4-5-20(22(32)29-18)21(31)28-13-19-15-34-10-11-35-19/h1-5,12,19,33H,6-11,13-15H2,(H,28,31)(H,29,32)/t19-/m0/s1. The zero-order valence-electron chi connectivity index (χ0n) is 19.1. The molecule has 2 aliphatic rings. The van der Waals surface area contributed by atoms with Gasteiger partial charge < -0.3 is 24.9 Å². The van der Waals surface area contributed by atoms with Crippen molar-refractivity contribution in [3.05, 3.63) is 69.1 Å². The van der Waals surface area contributed by atoms with Crippen molar-refractivity contribution in [2.45, 2.75) is 37.3 Å². The Labute approximate surface area is 200 Å². The predicted octanol–water partition coefficient (Wildman–Crippen LogP) is 2.02. The summed E-state index contributed by atoms with van der Waals surface area (Å²) in [6.07, 6.45) is -4.21. The number of aromatic amines is 1. The van der Waals surface area contributed by atoms with Crippen molar-refractivity contribution < 1.29 is 32.5 Å². The predicted molar refractivity (Wildman–Crippen MR) is 120 cm³/mol. The fourth-order valence-electron chi connectivity index (χ4n) is 4.34. The third-order valence-corrected chi connectivity index (χ3v) is 6.39. The van der Waals surface area contributed by atoms with Crippen molar-refractivity contribution in [1.29, 1.82) is 0 Å². The molecule has 2 fully saturated rings. The number of halogens is 3. The van der Waals surface area contributed by atoms with Crippen LogP contribution in [0.2, 0.25) is 0 Å². The van der Waals surface area contributed by atoms with Gasteiger partial charge in [0, 0.05) is 31.9 Å². The topological polar surface area (TPSA) is 104 Å². The molecule has 0 aliphatic carbocycles. The van der Waals surface area contributed by atoms with E-state index in [1.54, 1.807) is 6.07 Å². The molecule has 2 aliphatic heterocycles. The third kappa shape index (κ3) is 6.29. The normalized spacial score (nSPS) is 21.0. The summed E-state index contributed by atoms with van der Waals surface area (Å²) in [5.74, 6) is -0.504. The van der Waals surface area contributed by atoms with E-state index in [1.165, 1.54) is 18.2 Å². The zero-order chi connectivity index (χ0) is 25.1. The van der Waals surface area contributed by atoms with Crippen LogP contribution in [0.25, 0.3) is 0 Å². The molecule has 8 nitrogen and oxygen atoms in total. The van der Waals surface area contributed by atoms with Gasteiger partial charge >= 0.3 is 6.18 Å². The Hall–Kier alpha value is -2.73. The van der Waals surface area contributed by atoms with E-state index >= 15 is 0 Å². The van der Waals surface area contributed by atoms with Crippen molar-refractivity contribution in [2.24, 2.45) is 0 Å². The van der Waals surface area contributed by atoms with Crippen LogP contribution >= 0.6 is 0 Å². The molecule has 2 saturated heterocycles. The van der Waals surface area contributed by atoms with Gasteiger partial charge in [-0.2, -0.15) is 13.2 Å². The van der Waals surface area contributed by atoms with Gasteiger partial charge in [0.15, 0.2) is 0 Å². The second kappa shape index (κ2) is 10.5. The fourth-order valence-corrected chi connectivity index (χ4v) is 4.34. The molecule has 0 unspecified atom stereocenters. The molecule has 1 amide bonds. The molecule has 3 N–H and O–H groups in total. The number of likely N-dealkylation sites (tertiary alicyclic amines) is 1. The van der Waals surface area contributed by atoms with E-state index in [4.69, 9.17) is 9.47 Å². The first-order chi connectivity index (χ1) is 16.6. The van der Waals surface area contributed by atoms with Crippen LogP contribution in [0.3, 0.4) is 0 Å². The minimum absolute atomic E-state index is 0.0111. The average Bonchev–Trinajstić information content (AvgIpc) is 2.84. The average molecular weight is 495 g/mol. The summed E-state index contributed by atoms with van der Waals surface area (Å²) in [6.45, 7) is 2.84. The van der Waals surface area contributed by atoms with Crippen LogP contribution in [0.1, 0.15) is 40.0 Å². The van der Waals surface area contributed by atoms with E-state index in [0.717, 1.165) is 12.1 Å². The van der Waals surface area contributed by atoms with Crippen LogP contribution in [0, 0.1) is 0 Å². The van der Waals surface area contributed by atoms with Crippen LogP contribution < -0.4 is 10.9 Å². The van der Waals surface area contributed by atoms with Gasteiger partial charge in [-0.15, -0.1) is 0 Å². The quantitative estimate of drug-likeness (QED) is 0.567. The minimum atomic E-state index is -4.47. The van der Waals surface area contributed by atoms with Gasteiger partial charge in [0.2, 0.25) is 0 Å². The number of nitrogens with zero attached hydrogens (tertiary/aromatic N) is 1. The summed E-state index contributed by atoms with van der Waals surface area (Å²) < 4.78 is 49.9. The number of piperidine rings is 1. The summed E-state index contributed by atoms with van der Waals surface area (Å²) in [6, 6.07) is 7.93. The smallest absolute Gasteiger partial charge is 0.385 e. The highest BCUT2D eigenvalue weighted by atomic mass is 19.4. The lowest BCUT2D eigenvalue weighted by molar-refractivity contribution is -0.137. The largest absolute Gasteiger partial charge is 0.416 e. The summed E-state index contributed by atoms with van der Waals surface area (Å²) in [7, 11) is 0. The van der Waals surface area contributed by atoms with Gasteiger partial charge in [0.1, 0.15) is 5.56 Å². The molecule has 190 valence electrons. The molecule has 1 aromatic heterocycles. The SMILES string of the molecule is O=C(NC[C@H]1COCCO1)c1ccc(CN2CCC(O)(c3cccc(C(F)(F)F)c3)CC2)[nH]c1=O. The monoisotopic (exact) mass is 495 g/mol. The number of pyridine rings is 1. The van der Waals surface area contributed by atoms with Crippen LogP contribution in [0.4, 0.5) is 13.2 Å². The van der Waals surface area contributed by atoms with Crippen LogP contribution in [-0.2, 0) is 27.8 Å². The Morgan fingerprint density at radius 1 is 1.20 bits per heavy atom. The highest BCUT2D eigenvalue weighted by Crippen LogP contribution is 2.36. The molecule has 35 heavy (non-hydrogen) atoms. The molecule has 1 aromatic carbocycles. The first-order valence-electron chi connectivity index (χ1n) is 11.5. The lowest BCUT2D eigenvalue weighted by Gasteiger charge is -2.38. The molecule has 0 radical (unpaired) electrons. The highest BCUT2D eigenvalue weighted by molar-refractivity contribution is 5.93. The van der Waals surface area contributed by atoms with E-state index in [9.17, 15) is 27.9 Å². The lowest BCUT2D eigenvalue weighted by atomic mass is 9.83. The second-order valence-corrected chi connectivity index (χ2v) is 8.89. The number of aliphatic hydroxyl groups is 1. The second-order valence-electron chi connectivity index (χ2n) is 8.89. The number of rotatable bonds is 6. The summed E-state index contributed by atoms with van der Waals surface area (Å²) in [5, 5.41) is 13.7. The summed E-state index contributed by atoms with van der Waals surface area (Å²) in [4.78, 5) is 29.5. The van der Waals surface area contributed by atoms with Gasteiger partial charge in [-0.1, -0.05) is 12.1 Å². The Balaban J connectivity index is 1.32. The number of hydrogen-bond donors (Lipinski definition) is 3. The maximum absolute atomic E-state index is 13.0. The number of aromatic nitrogens is 1. The molecule has 0 saturated carbocycles. The van der Waals surface area contributed by atoms with Gasteiger partial charge in [0.05, 0.1) is 37.1 Å². The number of benzene rings is 1. The molecule has 1 atom stereocenters. The first-order valence-corrected chi connectivity index (χ1v) is 11.5. The van der Waals surface area contributed by atoms with E-state index < -0.39 is 28.8 Å². The number of nitrogens with one attached hydrogen (secondary N) is 2. The fraction of sp³-hybridized carbons (Fsp3) is 0.500. The van der Waals surface area contributed by atoms with Gasteiger partial charge in [-0.3, -0.25) is 14.5 Å². The Kier molecular flexibility index (Phi) is 7.60. The zero-order valence-corrected chi connectivity index (χ0v) is 19.1. The minimum Gasteiger partial charge on any atom is -0.385 e. The number of amides is 1. The van der Waals surface area contributed by atoms with Crippen molar-refractivity contribution in [2.75, 3.05) is 39.5 Å². The number of hydrogen-bond acceptors (Lipinski definition) is 6. The van der Waals surface area contributed by atoms with Crippen molar-refractivity contribution in [3.8, 4) is 0 Å². The number of ether oxygens (including phenoxy) is 2. The molecular weight excluding hydrogens is 467 g/mol. The highest BCUT2D eigenvalue weighted by Gasteiger charge is 2.37. The van der Waals surface area contributed by atoms with Gasteiger partial charge in [0.25, 0.3) is 11.5 Å². The first kappa shape index (κ1) is 25.4. The maximum atomic E-state index is 13.0. The van der Waals surface area contributed by atoms with Crippen molar-refractivity contribution >= 4 is 5.91 Å². The van der Waals surface area contributed by atoms with Crippen LogP contribution in [0.15, 0.2) is 41.2 Å². The molecule has 4 rings (SSSR count). The summed E-state index contributed by atoms with van der Waals surface area (Å²) in [5.41, 5.74) is -1.81. The van der Waals surface area contributed by atoms with E-state index in [2.05, 4.69) is 10.3 Å². The van der Waals surface area contributed by atoms with E-state index in [-0.39, 0.29) is 36.6 Å². The number of carbonyl (C=O) groups is 1. The molecule has 11 heteroatoms. The maximum Gasteiger partial charge on any atom is 0.416 e. The van der Waals surface area contributed by atoms with Crippen molar-refractivity contribution in [3.63, 3.8) is 0 Å². The van der Waals surface area contributed by atoms with Crippen molar-refractivity contribution in [1.82, 2.24) is 15.2 Å². The molecule has 0 spiro atoms. The number of alkyl halides is 3.